The van der Waals surface area contributed by atoms with Crippen LogP contribution in [-0.2, 0) is 0 Å². The lowest BCUT2D eigenvalue weighted by Crippen LogP contribution is -2.28. The number of nitrogen functional groups attached to an aromatic ring is 1. The van der Waals surface area contributed by atoms with Crippen LogP contribution < -0.4 is 16.2 Å². The van der Waals surface area contributed by atoms with Crippen LogP contribution in [0.4, 0.5) is 11.6 Å². The Morgan fingerprint density at radius 1 is 1.33 bits per heavy atom. The molecule has 1 aliphatic rings. The molecule has 1 aromatic heterocycles. The van der Waals surface area contributed by atoms with Gasteiger partial charge in [-0.05, 0) is 25.7 Å². The van der Waals surface area contributed by atoms with E-state index in [2.05, 4.69) is 27.3 Å². The van der Waals surface area contributed by atoms with E-state index in [1.807, 2.05) is 13.0 Å². The van der Waals surface area contributed by atoms with Gasteiger partial charge >= 0.3 is 0 Å². The minimum absolute atomic E-state index is 0.674. The smallest absolute Gasteiger partial charge is 0.145 e. The number of anilines is 2. The van der Waals surface area contributed by atoms with Gasteiger partial charge in [0, 0.05) is 19.7 Å². The lowest BCUT2D eigenvalue weighted by molar-refractivity contribution is 0.361. The van der Waals surface area contributed by atoms with Gasteiger partial charge in [0.2, 0.25) is 0 Å². The van der Waals surface area contributed by atoms with E-state index < -0.39 is 0 Å². The lowest BCUT2D eigenvalue weighted by atomic mass is 9.89. The van der Waals surface area contributed by atoms with E-state index in [4.69, 9.17) is 5.84 Å². The number of nitrogens with two attached hydrogens (primary N) is 1. The Kier molecular flexibility index (Phi) is 4.36. The third-order valence-electron chi connectivity index (χ3n) is 3.62. The van der Waals surface area contributed by atoms with Gasteiger partial charge in [-0.25, -0.2) is 15.8 Å². The molecule has 5 heteroatoms. The van der Waals surface area contributed by atoms with Gasteiger partial charge in [-0.1, -0.05) is 19.3 Å². The largest absolute Gasteiger partial charge is 0.359 e. The first-order valence-corrected chi connectivity index (χ1v) is 6.72. The molecule has 18 heavy (non-hydrogen) atoms. The maximum atomic E-state index is 5.41. The molecule has 0 saturated heterocycles. The fourth-order valence-corrected chi connectivity index (χ4v) is 2.67. The summed E-state index contributed by atoms with van der Waals surface area (Å²) in [5.74, 6) is 8.58. The summed E-state index contributed by atoms with van der Waals surface area (Å²) in [6.45, 7) is 2.96. The molecule has 1 heterocycles. The molecule has 0 amide bonds. The molecule has 2 rings (SSSR count). The third-order valence-corrected chi connectivity index (χ3v) is 3.62. The van der Waals surface area contributed by atoms with Crippen LogP contribution in [0, 0.1) is 12.8 Å². The van der Waals surface area contributed by atoms with Gasteiger partial charge in [0.05, 0.1) is 0 Å². The van der Waals surface area contributed by atoms with Gasteiger partial charge in [0.1, 0.15) is 17.5 Å². The lowest BCUT2D eigenvalue weighted by Gasteiger charge is -2.27. The van der Waals surface area contributed by atoms with E-state index in [0.717, 1.165) is 24.1 Å². The molecule has 1 saturated carbocycles. The van der Waals surface area contributed by atoms with Crippen molar-refractivity contribution in [2.75, 3.05) is 23.9 Å². The Morgan fingerprint density at radius 3 is 2.72 bits per heavy atom. The maximum Gasteiger partial charge on any atom is 0.145 e. The predicted octanol–water partition coefficient (Wildman–Crippen LogP) is 2.09. The maximum absolute atomic E-state index is 5.41. The summed E-state index contributed by atoms with van der Waals surface area (Å²) in [4.78, 5) is 10.9. The number of nitrogens with one attached hydrogen (secondary N) is 1. The molecule has 0 aromatic carbocycles. The predicted molar refractivity (Wildman–Crippen MR) is 74.4 cm³/mol. The first-order valence-electron chi connectivity index (χ1n) is 6.72. The Labute approximate surface area is 109 Å². The van der Waals surface area contributed by atoms with Gasteiger partial charge in [0.15, 0.2) is 0 Å². The minimum atomic E-state index is 0.674. The van der Waals surface area contributed by atoms with Crippen LogP contribution in [0.5, 0.6) is 0 Å². The third kappa shape index (κ3) is 3.32. The summed E-state index contributed by atoms with van der Waals surface area (Å²) in [5.41, 5.74) is 2.59. The summed E-state index contributed by atoms with van der Waals surface area (Å²) >= 11 is 0. The van der Waals surface area contributed by atoms with Crippen molar-refractivity contribution in [3.8, 4) is 0 Å². The first-order chi connectivity index (χ1) is 8.69. The van der Waals surface area contributed by atoms with Crippen LogP contribution in [0.1, 0.15) is 37.9 Å². The highest BCUT2D eigenvalue weighted by Crippen LogP contribution is 2.25. The fourth-order valence-electron chi connectivity index (χ4n) is 2.67. The van der Waals surface area contributed by atoms with Crippen LogP contribution in [0.25, 0.3) is 0 Å². The second kappa shape index (κ2) is 6.00. The molecule has 0 spiro atoms. The zero-order chi connectivity index (χ0) is 13.0. The highest BCUT2D eigenvalue weighted by atomic mass is 15.3. The van der Waals surface area contributed by atoms with E-state index in [1.165, 1.54) is 32.1 Å². The Morgan fingerprint density at radius 2 is 2.06 bits per heavy atom. The topological polar surface area (TPSA) is 67.1 Å². The SMILES string of the molecule is Cc1nc(NN)cc(N(C)CC2CCCCC2)n1. The summed E-state index contributed by atoms with van der Waals surface area (Å²) in [5, 5.41) is 0. The first kappa shape index (κ1) is 13.1. The molecule has 0 aliphatic heterocycles. The monoisotopic (exact) mass is 249 g/mol. The molecule has 1 aromatic rings. The quantitative estimate of drug-likeness (QED) is 0.632. The van der Waals surface area contributed by atoms with Crippen molar-refractivity contribution < 1.29 is 0 Å². The molecule has 0 unspecified atom stereocenters. The molecule has 0 atom stereocenters. The Bertz CT molecular complexity index is 387. The summed E-state index contributed by atoms with van der Waals surface area (Å²) < 4.78 is 0. The number of rotatable bonds is 4. The zero-order valence-electron chi connectivity index (χ0n) is 11.3. The highest BCUT2D eigenvalue weighted by Gasteiger charge is 2.16. The van der Waals surface area contributed by atoms with Crippen molar-refractivity contribution in [3.63, 3.8) is 0 Å². The molecule has 1 fully saturated rings. The molecule has 1 aliphatic carbocycles. The molecular formula is C13H23N5. The Balaban J connectivity index is 2.02. The molecule has 5 nitrogen and oxygen atoms in total. The van der Waals surface area contributed by atoms with Gasteiger partial charge in [-0.15, -0.1) is 0 Å². The van der Waals surface area contributed by atoms with E-state index in [0.29, 0.717) is 5.82 Å². The van der Waals surface area contributed by atoms with Crippen molar-refractivity contribution in [1.29, 1.82) is 0 Å². The number of hydrogen-bond acceptors (Lipinski definition) is 5. The second-order valence-electron chi connectivity index (χ2n) is 5.19. The average molecular weight is 249 g/mol. The van der Waals surface area contributed by atoms with Crippen molar-refractivity contribution in [2.45, 2.75) is 39.0 Å². The average Bonchev–Trinajstić information content (AvgIpc) is 2.39. The molecule has 100 valence electrons. The normalized spacial score (nSPS) is 16.6. The highest BCUT2D eigenvalue weighted by molar-refractivity contribution is 5.48. The Hall–Kier alpha value is -1.36. The van der Waals surface area contributed by atoms with Crippen molar-refractivity contribution >= 4 is 11.6 Å². The molecular weight excluding hydrogens is 226 g/mol. The number of aromatic nitrogens is 2. The van der Waals surface area contributed by atoms with Crippen LogP contribution in [0.3, 0.4) is 0 Å². The van der Waals surface area contributed by atoms with Crippen LogP contribution in [0.2, 0.25) is 0 Å². The van der Waals surface area contributed by atoms with E-state index in [1.54, 1.807) is 0 Å². The van der Waals surface area contributed by atoms with Crippen molar-refractivity contribution in [3.05, 3.63) is 11.9 Å². The van der Waals surface area contributed by atoms with Gasteiger partial charge in [-0.3, -0.25) is 0 Å². The zero-order valence-corrected chi connectivity index (χ0v) is 11.3. The number of hydrazine groups is 1. The fraction of sp³-hybridized carbons (Fsp3) is 0.692. The standard InChI is InChI=1S/C13H23N5/c1-10-15-12(17-14)8-13(16-10)18(2)9-11-6-4-3-5-7-11/h8,11H,3-7,9,14H2,1-2H3,(H,15,16,17). The molecule has 0 radical (unpaired) electrons. The van der Waals surface area contributed by atoms with E-state index >= 15 is 0 Å². The summed E-state index contributed by atoms with van der Waals surface area (Å²) in [7, 11) is 2.09. The second-order valence-corrected chi connectivity index (χ2v) is 5.19. The number of hydrogen-bond donors (Lipinski definition) is 2. The number of aryl methyl sites for hydroxylation is 1. The van der Waals surface area contributed by atoms with Crippen molar-refractivity contribution in [1.82, 2.24) is 9.97 Å². The van der Waals surface area contributed by atoms with Crippen molar-refractivity contribution in [2.24, 2.45) is 11.8 Å². The summed E-state index contributed by atoms with van der Waals surface area (Å²) in [6.07, 6.45) is 6.83. The van der Waals surface area contributed by atoms with Gasteiger partial charge < -0.3 is 10.3 Å². The van der Waals surface area contributed by atoms with Crippen LogP contribution in [0.15, 0.2) is 6.07 Å². The van der Waals surface area contributed by atoms with Crippen LogP contribution >= 0.6 is 0 Å². The summed E-state index contributed by atoms with van der Waals surface area (Å²) in [6, 6.07) is 1.90. The van der Waals surface area contributed by atoms with Gasteiger partial charge in [-0.2, -0.15) is 0 Å². The molecule has 3 N–H and O–H groups in total. The van der Waals surface area contributed by atoms with E-state index in [9.17, 15) is 0 Å². The van der Waals surface area contributed by atoms with Crippen LogP contribution in [-0.4, -0.2) is 23.6 Å². The van der Waals surface area contributed by atoms with Gasteiger partial charge in [0.25, 0.3) is 0 Å². The van der Waals surface area contributed by atoms with E-state index in [-0.39, 0.29) is 0 Å². The number of nitrogens with zero attached hydrogens (tertiary/aromatic N) is 3. The molecule has 0 bridgehead atoms. The minimum Gasteiger partial charge on any atom is -0.359 e.